The fourth-order valence-electron chi connectivity index (χ4n) is 1.18. The number of carbonyl (C=O) groups excluding carboxylic acids is 1. The van der Waals surface area contributed by atoms with E-state index in [2.05, 4.69) is 9.97 Å². The monoisotopic (exact) mass is 251 g/mol. The molecule has 1 atom stereocenters. The number of esters is 1. The van der Waals surface area contributed by atoms with Gasteiger partial charge in [0, 0.05) is 17.6 Å². The number of rotatable bonds is 5. The second kappa shape index (κ2) is 6.86. The number of hydrogen-bond acceptors (Lipinski definition) is 6. The molecule has 0 amide bonds. The third kappa shape index (κ3) is 4.41. The molecule has 1 aromatic rings. The lowest BCUT2D eigenvalue weighted by Gasteiger charge is -2.09. The number of thioether (sulfide) groups is 1. The normalized spacial score (nSPS) is 11.6. The van der Waals surface area contributed by atoms with Crippen LogP contribution in [0.15, 0.2) is 17.4 Å². The van der Waals surface area contributed by atoms with Crippen LogP contribution in [0, 0.1) is 11.3 Å². The summed E-state index contributed by atoms with van der Waals surface area (Å²) in [5, 5.41) is 9.39. The molecule has 0 aliphatic rings. The van der Waals surface area contributed by atoms with Crippen LogP contribution in [0.1, 0.15) is 26.0 Å². The van der Waals surface area contributed by atoms with Crippen LogP contribution in [0.5, 0.6) is 0 Å². The zero-order valence-electron chi connectivity index (χ0n) is 9.71. The van der Waals surface area contributed by atoms with Crippen molar-refractivity contribution < 1.29 is 9.53 Å². The first-order valence-corrected chi connectivity index (χ1v) is 6.08. The van der Waals surface area contributed by atoms with E-state index in [1.54, 1.807) is 6.92 Å². The van der Waals surface area contributed by atoms with E-state index in [1.165, 1.54) is 24.2 Å². The molecular weight excluding hydrogens is 238 g/mol. The highest BCUT2D eigenvalue weighted by atomic mass is 32.2. The van der Waals surface area contributed by atoms with E-state index in [4.69, 9.17) is 10.00 Å². The van der Waals surface area contributed by atoms with Gasteiger partial charge in [-0.25, -0.2) is 9.97 Å². The van der Waals surface area contributed by atoms with Gasteiger partial charge in [0.2, 0.25) is 0 Å². The molecule has 1 rings (SSSR count). The number of carbonyl (C=O) groups is 1. The molecule has 0 aliphatic heterocycles. The maximum Gasteiger partial charge on any atom is 0.306 e. The van der Waals surface area contributed by atoms with Gasteiger partial charge in [-0.1, -0.05) is 18.7 Å². The molecule has 17 heavy (non-hydrogen) atoms. The summed E-state index contributed by atoms with van der Waals surface area (Å²) in [6, 6.07) is 1.97. The number of nitrogens with zero attached hydrogens (tertiary/aromatic N) is 3. The van der Waals surface area contributed by atoms with E-state index in [1.807, 2.05) is 13.0 Å². The van der Waals surface area contributed by atoms with Crippen molar-refractivity contribution in [2.45, 2.75) is 30.5 Å². The maximum atomic E-state index is 11.3. The minimum absolute atomic E-state index is 0.00199. The molecule has 0 saturated heterocycles. The summed E-state index contributed by atoms with van der Waals surface area (Å²) in [4.78, 5) is 19.2. The van der Waals surface area contributed by atoms with E-state index < -0.39 is 0 Å². The minimum atomic E-state index is -0.241. The summed E-state index contributed by atoms with van der Waals surface area (Å²) in [5.41, 5.74) is 0.285. The Kier molecular flexibility index (Phi) is 5.43. The van der Waals surface area contributed by atoms with Gasteiger partial charge in [0.15, 0.2) is 5.69 Å². The van der Waals surface area contributed by atoms with Crippen LogP contribution in [0.25, 0.3) is 0 Å². The van der Waals surface area contributed by atoms with Crippen molar-refractivity contribution in [2.75, 3.05) is 6.61 Å². The molecule has 90 valence electrons. The lowest BCUT2D eigenvalue weighted by atomic mass is 10.3. The molecule has 1 aromatic heterocycles. The van der Waals surface area contributed by atoms with E-state index in [0.717, 1.165) is 0 Å². The van der Waals surface area contributed by atoms with Gasteiger partial charge in [0.25, 0.3) is 0 Å². The Morgan fingerprint density at radius 1 is 1.59 bits per heavy atom. The molecule has 0 fully saturated rings. The topological polar surface area (TPSA) is 75.9 Å². The Balaban J connectivity index is 2.59. The number of ether oxygens (including phenoxy) is 1. The molecule has 6 heteroatoms. The number of aromatic nitrogens is 2. The second-order valence-electron chi connectivity index (χ2n) is 3.26. The van der Waals surface area contributed by atoms with Gasteiger partial charge in [0.1, 0.15) is 11.1 Å². The van der Waals surface area contributed by atoms with Crippen molar-refractivity contribution in [3.05, 3.63) is 18.1 Å². The molecule has 1 heterocycles. The quantitative estimate of drug-likeness (QED) is 0.586. The van der Waals surface area contributed by atoms with Crippen LogP contribution >= 0.6 is 11.8 Å². The zero-order chi connectivity index (χ0) is 12.7. The van der Waals surface area contributed by atoms with Gasteiger partial charge < -0.3 is 4.74 Å². The Morgan fingerprint density at radius 2 is 2.29 bits per heavy atom. The van der Waals surface area contributed by atoms with Crippen molar-refractivity contribution in [1.29, 1.82) is 5.26 Å². The van der Waals surface area contributed by atoms with E-state index >= 15 is 0 Å². The van der Waals surface area contributed by atoms with Crippen molar-refractivity contribution in [1.82, 2.24) is 9.97 Å². The molecule has 0 bridgehead atoms. The van der Waals surface area contributed by atoms with Gasteiger partial charge >= 0.3 is 5.97 Å². The lowest BCUT2D eigenvalue weighted by molar-refractivity contribution is -0.142. The predicted octanol–water partition coefficient (Wildman–Crippen LogP) is 1.78. The molecule has 5 nitrogen and oxygen atoms in total. The summed E-state index contributed by atoms with van der Waals surface area (Å²) in [6.07, 6.45) is 3.29. The smallest absolute Gasteiger partial charge is 0.306 e. The van der Waals surface area contributed by atoms with Crippen LogP contribution in [0.4, 0.5) is 0 Å². The fraction of sp³-hybridized carbons (Fsp3) is 0.455. The zero-order valence-corrected chi connectivity index (χ0v) is 10.5. The second-order valence-corrected chi connectivity index (χ2v) is 4.69. The van der Waals surface area contributed by atoms with Crippen LogP contribution in [0.3, 0.4) is 0 Å². The van der Waals surface area contributed by atoms with Crippen molar-refractivity contribution in [2.24, 2.45) is 0 Å². The molecular formula is C11H13N3O2S. The predicted molar refractivity (Wildman–Crippen MR) is 63.3 cm³/mol. The molecule has 0 spiro atoms. The minimum Gasteiger partial charge on any atom is -0.466 e. The molecule has 0 saturated carbocycles. The lowest BCUT2D eigenvalue weighted by Crippen LogP contribution is -2.11. The maximum absolute atomic E-state index is 11.3. The molecule has 0 N–H and O–H groups in total. The van der Waals surface area contributed by atoms with Crippen molar-refractivity contribution in [3.63, 3.8) is 0 Å². The highest BCUT2D eigenvalue weighted by molar-refractivity contribution is 7.99. The van der Waals surface area contributed by atoms with Gasteiger partial charge in [-0.05, 0) is 6.92 Å². The van der Waals surface area contributed by atoms with Crippen molar-refractivity contribution >= 4 is 17.7 Å². The Bertz CT molecular complexity index is 431. The standard InChI is InChI=1S/C11H13N3O2S/c1-3-16-10(15)6-8(2)17-11-9(7-12)13-4-5-14-11/h4-5,8H,3,6H2,1-2H3. The van der Waals surface area contributed by atoms with Gasteiger partial charge in [-0.2, -0.15) is 5.26 Å². The highest BCUT2D eigenvalue weighted by Crippen LogP contribution is 2.25. The Hall–Kier alpha value is -1.61. The summed E-state index contributed by atoms with van der Waals surface area (Å²) in [5.74, 6) is -0.241. The third-order valence-corrected chi connectivity index (χ3v) is 2.93. The van der Waals surface area contributed by atoms with E-state index in [9.17, 15) is 4.79 Å². The van der Waals surface area contributed by atoms with Crippen molar-refractivity contribution in [3.8, 4) is 6.07 Å². The first-order valence-electron chi connectivity index (χ1n) is 5.20. The molecule has 0 aromatic carbocycles. The summed E-state index contributed by atoms with van der Waals surface area (Å²) < 4.78 is 4.85. The Morgan fingerprint density at radius 3 is 2.94 bits per heavy atom. The molecule has 0 aliphatic carbocycles. The van der Waals surface area contributed by atoms with Crippen LogP contribution in [-0.2, 0) is 9.53 Å². The van der Waals surface area contributed by atoms with Gasteiger partial charge in [0.05, 0.1) is 13.0 Å². The average Bonchev–Trinajstić information content (AvgIpc) is 2.29. The number of hydrogen-bond donors (Lipinski definition) is 0. The highest BCUT2D eigenvalue weighted by Gasteiger charge is 2.14. The summed E-state index contributed by atoms with van der Waals surface area (Å²) in [6.45, 7) is 4.04. The van der Waals surface area contributed by atoms with Crippen LogP contribution in [-0.4, -0.2) is 27.8 Å². The third-order valence-electron chi connectivity index (χ3n) is 1.84. The van der Waals surface area contributed by atoms with Gasteiger partial charge in [-0.15, -0.1) is 0 Å². The molecule has 1 unspecified atom stereocenters. The fourth-order valence-corrected chi connectivity index (χ4v) is 2.11. The average molecular weight is 251 g/mol. The largest absolute Gasteiger partial charge is 0.466 e. The molecule has 0 radical (unpaired) electrons. The van der Waals surface area contributed by atoms with Crippen LogP contribution < -0.4 is 0 Å². The van der Waals surface area contributed by atoms with E-state index in [0.29, 0.717) is 18.1 Å². The summed E-state index contributed by atoms with van der Waals surface area (Å²) >= 11 is 1.35. The Labute approximate surface area is 104 Å². The number of nitriles is 1. The van der Waals surface area contributed by atoms with Crippen LogP contribution in [0.2, 0.25) is 0 Å². The first kappa shape index (κ1) is 13.5. The SMILES string of the molecule is CCOC(=O)CC(C)Sc1nccnc1C#N. The van der Waals surface area contributed by atoms with Gasteiger partial charge in [-0.3, -0.25) is 4.79 Å². The van der Waals surface area contributed by atoms with E-state index in [-0.39, 0.29) is 16.9 Å². The summed E-state index contributed by atoms with van der Waals surface area (Å²) in [7, 11) is 0. The first-order chi connectivity index (χ1) is 8.17.